The lowest BCUT2D eigenvalue weighted by Crippen LogP contribution is -2.15. The van der Waals surface area contributed by atoms with E-state index in [1.165, 1.54) is 6.07 Å². The maximum atomic E-state index is 13.9. The Morgan fingerprint density at radius 1 is 1.39 bits per heavy atom. The van der Waals surface area contributed by atoms with Gasteiger partial charge in [0.25, 0.3) is 0 Å². The Morgan fingerprint density at radius 2 is 2.06 bits per heavy atom. The molecule has 1 rings (SSSR count). The highest BCUT2D eigenvalue weighted by molar-refractivity contribution is 5.95. The van der Waals surface area contributed by atoms with Crippen molar-refractivity contribution in [1.82, 2.24) is 0 Å². The lowest BCUT2D eigenvalue weighted by Gasteiger charge is -2.17. The van der Waals surface area contributed by atoms with E-state index in [1.54, 1.807) is 12.1 Å². The molecule has 0 bridgehead atoms. The summed E-state index contributed by atoms with van der Waals surface area (Å²) in [6.07, 6.45) is 0.918. The Labute approximate surface area is 108 Å². The minimum absolute atomic E-state index is 0.131. The molecular weight excluding hydrogens is 231 g/mol. The second-order valence-electron chi connectivity index (χ2n) is 5.56. The van der Waals surface area contributed by atoms with Crippen LogP contribution in [0.5, 0.6) is 0 Å². The van der Waals surface area contributed by atoms with Crippen molar-refractivity contribution in [3.8, 4) is 0 Å². The van der Waals surface area contributed by atoms with Crippen LogP contribution in [0, 0.1) is 16.6 Å². The molecule has 0 atom stereocenters. The molecule has 0 aromatic heterocycles. The van der Waals surface area contributed by atoms with Crippen molar-refractivity contribution in [3.63, 3.8) is 0 Å². The Morgan fingerprint density at radius 3 is 2.61 bits per heavy atom. The smallest absolute Gasteiger partial charge is 0.139 e. The van der Waals surface area contributed by atoms with Gasteiger partial charge in [-0.15, -0.1) is 0 Å². The van der Waals surface area contributed by atoms with Gasteiger partial charge < -0.3 is 10.5 Å². The van der Waals surface area contributed by atoms with Crippen molar-refractivity contribution in [1.29, 1.82) is 5.41 Å². The number of ether oxygens (including phenoxy) is 1. The van der Waals surface area contributed by atoms with Crippen LogP contribution in [-0.2, 0) is 11.3 Å². The van der Waals surface area contributed by atoms with E-state index in [2.05, 4.69) is 20.8 Å². The van der Waals surface area contributed by atoms with Gasteiger partial charge >= 0.3 is 0 Å². The fraction of sp³-hybridized carbons (Fsp3) is 0.500. The molecule has 0 saturated carbocycles. The average Bonchev–Trinajstić information content (AvgIpc) is 2.24. The molecule has 0 fully saturated rings. The van der Waals surface area contributed by atoms with Gasteiger partial charge in [-0.1, -0.05) is 32.9 Å². The van der Waals surface area contributed by atoms with Gasteiger partial charge in [-0.3, -0.25) is 5.41 Å². The Balaban J connectivity index is 2.58. The summed E-state index contributed by atoms with van der Waals surface area (Å²) in [4.78, 5) is 0. The van der Waals surface area contributed by atoms with Gasteiger partial charge in [0, 0.05) is 12.2 Å². The molecule has 1 aromatic carbocycles. The van der Waals surface area contributed by atoms with Crippen LogP contribution in [0.1, 0.15) is 38.3 Å². The SMILES string of the molecule is CC(C)(C)CCOCc1cccc(C(=N)N)c1F. The van der Waals surface area contributed by atoms with Gasteiger partial charge in [-0.05, 0) is 17.9 Å². The first-order valence-electron chi connectivity index (χ1n) is 6.01. The number of nitrogens with two attached hydrogens (primary N) is 1. The van der Waals surface area contributed by atoms with E-state index in [9.17, 15) is 4.39 Å². The molecule has 4 heteroatoms. The number of halogens is 1. The summed E-state index contributed by atoms with van der Waals surface area (Å²) in [6, 6.07) is 4.83. The van der Waals surface area contributed by atoms with Crippen LogP contribution in [0.3, 0.4) is 0 Å². The van der Waals surface area contributed by atoms with Crippen LogP contribution >= 0.6 is 0 Å². The van der Waals surface area contributed by atoms with E-state index in [0.717, 1.165) is 6.42 Å². The quantitative estimate of drug-likeness (QED) is 0.480. The first-order chi connectivity index (χ1) is 8.31. The minimum atomic E-state index is -0.458. The van der Waals surface area contributed by atoms with Crippen molar-refractivity contribution < 1.29 is 9.13 Å². The number of nitrogen functional groups attached to an aromatic ring is 1. The van der Waals surface area contributed by atoms with Gasteiger partial charge in [0.05, 0.1) is 12.2 Å². The minimum Gasteiger partial charge on any atom is -0.384 e. The van der Waals surface area contributed by atoms with Gasteiger partial charge in [0.15, 0.2) is 0 Å². The standard InChI is InChI=1S/C14H21FN2O/c1-14(2,3)7-8-18-9-10-5-4-6-11(12(10)15)13(16)17/h4-6H,7-9H2,1-3H3,(H3,16,17). The summed E-state index contributed by atoms with van der Waals surface area (Å²) in [5.74, 6) is -0.718. The van der Waals surface area contributed by atoms with Crippen LogP contribution < -0.4 is 5.73 Å². The lowest BCUT2D eigenvalue weighted by atomic mass is 9.93. The number of amidine groups is 1. The third-order valence-electron chi connectivity index (χ3n) is 2.62. The predicted molar refractivity (Wildman–Crippen MR) is 71.1 cm³/mol. The zero-order valence-corrected chi connectivity index (χ0v) is 11.2. The molecule has 0 amide bonds. The first-order valence-corrected chi connectivity index (χ1v) is 6.01. The molecule has 3 nitrogen and oxygen atoms in total. The molecule has 0 heterocycles. The molecule has 1 aromatic rings. The molecule has 0 spiro atoms. The van der Waals surface area contributed by atoms with Gasteiger partial charge in [-0.2, -0.15) is 0 Å². The maximum Gasteiger partial charge on any atom is 0.139 e. The summed E-state index contributed by atoms with van der Waals surface area (Å²) in [5.41, 5.74) is 6.08. The zero-order chi connectivity index (χ0) is 13.8. The van der Waals surface area contributed by atoms with Crippen molar-refractivity contribution in [2.75, 3.05) is 6.61 Å². The molecular formula is C14H21FN2O. The molecule has 0 unspecified atom stereocenters. The highest BCUT2D eigenvalue weighted by Crippen LogP contribution is 2.19. The Kier molecular flexibility index (Phi) is 4.84. The normalized spacial score (nSPS) is 11.6. The van der Waals surface area contributed by atoms with Crippen molar-refractivity contribution >= 4 is 5.84 Å². The van der Waals surface area contributed by atoms with Crippen LogP contribution in [-0.4, -0.2) is 12.4 Å². The van der Waals surface area contributed by atoms with E-state index < -0.39 is 5.82 Å². The van der Waals surface area contributed by atoms with Gasteiger partial charge in [0.2, 0.25) is 0 Å². The molecule has 0 aliphatic carbocycles. The lowest BCUT2D eigenvalue weighted by molar-refractivity contribution is 0.0943. The first kappa shape index (κ1) is 14.6. The summed E-state index contributed by atoms with van der Waals surface area (Å²) < 4.78 is 19.3. The number of rotatable bonds is 5. The number of hydrogen-bond donors (Lipinski definition) is 2. The van der Waals surface area contributed by atoms with E-state index in [-0.39, 0.29) is 23.4 Å². The van der Waals surface area contributed by atoms with Gasteiger partial charge in [-0.25, -0.2) is 4.39 Å². The van der Waals surface area contributed by atoms with Crippen molar-refractivity contribution in [2.24, 2.45) is 11.1 Å². The van der Waals surface area contributed by atoms with Crippen LogP contribution in [0.2, 0.25) is 0 Å². The average molecular weight is 252 g/mol. The van der Waals surface area contributed by atoms with E-state index in [4.69, 9.17) is 15.9 Å². The van der Waals surface area contributed by atoms with Crippen molar-refractivity contribution in [3.05, 3.63) is 35.1 Å². The van der Waals surface area contributed by atoms with E-state index >= 15 is 0 Å². The molecule has 0 saturated heterocycles. The number of nitrogens with one attached hydrogen (secondary N) is 1. The topological polar surface area (TPSA) is 59.1 Å². The van der Waals surface area contributed by atoms with Crippen LogP contribution in [0.25, 0.3) is 0 Å². The molecule has 0 aliphatic rings. The van der Waals surface area contributed by atoms with E-state index in [1.807, 2.05) is 0 Å². The van der Waals surface area contributed by atoms with Crippen LogP contribution in [0.4, 0.5) is 4.39 Å². The summed E-state index contributed by atoms with van der Waals surface area (Å²) in [5, 5.41) is 7.26. The Bertz CT molecular complexity index is 424. The third kappa shape index (κ3) is 4.45. The fourth-order valence-electron chi connectivity index (χ4n) is 1.46. The van der Waals surface area contributed by atoms with Crippen molar-refractivity contribution in [2.45, 2.75) is 33.8 Å². The molecule has 0 radical (unpaired) electrons. The number of hydrogen-bond acceptors (Lipinski definition) is 2. The monoisotopic (exact) mass is 252 g/mol. The highest BCUT2D eigenvalue weighted by Gasteiger charge is 2.12. The second kappa shape index (κ2) is 5.96. The second-order valence-corrected chi connectivity index (χ2v) is 5.56. The zero-order valence-electron chi connectivity index (χ0n) is 11.2. The molecule has 18 heavy (non-hydrogen) atoms. The summed E-state index contributed by atoms with van der Waals surface area (Å²) in [6.45, 7) is 7.20. The number of benzene rings is 1. The summed E-state index contributed by atoms with van der Waals surface area (Å²) >= 11 is 0. The molecule has 0 aliphatic heterocycles. The van der Waals surface area contributed by atoms with Gasteiger partial charge in [0.1, 0.15) is 11.7 Å². The Hall–Kier alpha value is -1.42. The fourth-order valence-corrected chi connectivity index (χ4v) is 1.46. The van der Waals surface area contributed by atoms with E-state index in [0.29, 0.717) is 12.2 Å². The third-order valence-corrected chi connectivity index (χ3v) is 2.62. The summed E-state index contributed by atoms with van der Waals surface area (Å²) in [7, 11) is 0. The van der Waals surface area contributed by atoms with Crippen LogP contribution in [0.15, 0.2) is 18.2 Å². The largest absolute Gasteiger partial charge is 0.384 e. The highest BCUT2D eigenvalue weighted by atomic mass is 19.1. The molecule has 3 N–H and O–H groups in total. The predicted octanol–water partition coefficient (Wildman–Crippen LogP) is 3.06. The molecule has 100 valence electrons. The maximum absolute atomic E-state index is 13.9.